The fraction of sp³-hybridized carbons (Fsp3) is 0.684. The molecule has 2 aliphatic rings. The van der Waals surface area contributed by atoms with Crippen LogP contribution in [0.2, 0.25) is 0 Å². The number of hydrogen-bond acceptors (Lipinski definition) is 3. The maximum Gasteiger partial charge on any atom is 0.410 e. The lowest BCUT2D eigenvalue weighted by Crippen LogP contribution is -2.47. The summed E-state index contributed by atoms with van der Waals surface area (Å²) in [6, 6.07) is 4.16. The number of amides is 2. The Hall–Kier alpha value is -1.98. The summed E-state index contributed by atoms with van der Waals surface area (Å²) in [7, 11) is 0. The van der Waals surface area contributed by atoms with Crippen LogP contribution >= 0.6 is 0 Å². The van der Waals surface area contributed by atoms with Crippen molar-refractivity contribution >= 4 is 12.0 Å². The van der Waals surface area contributed by atoms with Gasteiger partial charge in [0.05, 0.1) is 12.0 Å². The maximum absolute atomic E-state index is 13.1. The van der Waals surface area contributed by atoms with Crippen LogP contribution in [0.3, 0.4) is 0 Å². The minimum atomic E-state index is -0.512. The second-order valence-electron chi connectivity index (χ2n) is 8.08. The molecule has 1 aromatic heterocycles. The molecule has 0 spiro atoms. The van der Waals surface area contributed by atoms with Crippen LogP contribution in [-0.2, 0) is 9.53 Å². The minimum absolute atomic E-state index is 0.128. The van der Waals surface area contributed by atoms with Gasteiger partial charge in [0.1, 0.15) is 5.60 Å². The molecule has 138 valence electrons. The van der Waals surface area contributed by atoms with E-state index in [1.54, 1.807) is 4.90 Å². The molecule has 0 aromatic carbocycles. The Labute approximate surface area is 149 Å². The van der Waals surface area contributed by atoms with Gasteiger partial charge in [0, 0.05) is 31.5 Å². The fourth-order valence-corrected chi connectivity index (χ4v) is 3.81. The van der Waals surface area contributed by atoms with E-state index in [0.717, 1.165) is 37.9 Å². The van der Waals surface area contributed by atoms with Gasteiger partial charge in [-0.2, -0.15) is 0 Å². The molecular weight excluding hydrogens is 318 g/mol. The van der Waals surface area contributed by atoms with Crippen molar-refractivity contribution in [1.29, 1.82) is 0 Å². The van der Waals surface area contributed by atoms with Crippen molar-refractivity contribution in [3.05, 3.63) is 24.0 Å². The van der Waals surface area contributed by atoms with Gasteiger partial charge in [-0.1, -0.05) is 0 Å². The second kappa shape index (κ2) is 7.10. The lowest BCUT2D eigenvalue weighted by molar-refractivity contribution is -0.138. The lowest BCUT2D eigenvalue weighted by atomic mass is 9.96. The second-order valence-corrected chi connectivity index (χ2v) is 8.08. The summed E-state index contributed by atoms with van der Waals surface area (Å²) in [5, 5.41) is 0. The molecule has 2 fully saturated rings. The summed E-state index contributed by atoms with van der Waals surface area (Å²) >= 11 is 0. The van der Waals surface area contributed by atoms with E-state index in [1.165, 1.54) is 0 Å². The predicted octanol–water partition coefficient (Wildman–Crippen LogP) is 3.33. The lowest BCUT2D eigenvalue weighted by Gasteiger charge is -2.36. The quantitative estimate of drug-likeness (QED) is 0.892. The molecule has 0 aliphatic carbocycles. The molecule has 2 aliphatic heterocycles. The standard InChI is InChI=1S/C19H29N3O3/c1-19(2,3)25-18(24)21-11-5-7-14(13-21)17(23)22-12-6-9-16(22)15-8-4-10-20-15/h4,8,10,14,16,20H,5-7,9,11-13H2,1-3H3/t14-,16+/m0/s1. The maximum atomic E-state index is 13.1. The highest BCUT2D eigenvalue weighted by atomic mass is 16.6. The summed E-state index contributed by atoms with van der Waals surface area (Å²) in [5.41, 5.74) is 0.590. The molecule has 6 nitrogen and oxygen atoms in total. The van der Waals surface area contributed by atoms with Crippen molar-refractivity contribution in [3.8, 4) is 0 Å². The summed E-state index contributed by atoms with van der Waals surface area (Å²) in [4.78, 5) is 32.3. The van der Waals surface area contributed by atoms with Gasteiger partial charge in [0.15, 0.2) is 0 Å². The number of rotatable bonds is 2. The number of H-pyrrole nitrogens is 1. The monoisotopic (exact) mass is 347 g/mol. The molecule has 1 aromatic rings. The molecule has 2 amide bonds. The molecule has 3 rings (SSSR count). The smallest absolute Gasteiger partial charge is 0.410 e. The van der Waals surface area contributed by atoms with Gasteiger partial charge in [0.25, 0.3) is 0 Å². The summed E-state index contributed by atoms with van der Waals surface area (Å²) in [5.74, 6) is 0.0437. The SMILES string of the molecule is CC(C)(C)OC(=O)N1CCC[C@H](C(=O)N2CCC[C@@H]2c2ccc[nH]2)C1. The van der Waals surface area contributed by atoms with Crippen LogP contribution in [0, 0.1) is 5.92 Å². The largest absolute Gasteiger partial charge is 0.444 e. The van der Waals surface area contributed by atoms with E-state index in [0.29, 0.717) is 13.1 Å². The first kappa shape index (κ1) is 17.8. The number of nitrogens with one attached hydrogen (secondary N) is 1. The highest BCUT2D eigenvalue weighted by Gasteiger charge is 2.37. The van der Waals surface area contributed by atoms with Crippen LogP contribution < -0.4 is 0 Å². The van der Waals surface area contributed by atoms with Gasteiger partial charge in [-0.15, -0.1) is 0 Å². The van der Waals surface area contributed by atoms with Crippen molar-refractivity contribution in [1.82, 2.24) is 14.8 Å². The first-order valence-corrected chi connectivity index (χ1v) is 9.27. The van der Waals surface area contributed by atoms with Crippen molar-refractivity contribution in [2.75, 3.05) is 19.6 Å². The normalized spacial score (nSPS) is 24.4. The van der Waals surface area contributed by atoms with Gasteiger partial charge < -0.3 is 19.5 Å². The highest BCUT2D eigenvalue weighted by Crippen LogP contribution is 2.33. The molecule has 1 N–H and O–H groups in total. The average Bonchev–Trinajstić information content (AvgIpc) is 3.23. The minimum Gasteiger partial charge on any atom is -0.444 e. The highest BCUT2D eigenvalue weighted by molar-refractivity contribution is 5.81. The van der Waals surface area contributed by atoms with E-state index in [1.807, 2.05) is 44.0 Å². The third-order valence-corrected chi connectivity index (χ3v) is 4.94. The van der Waals surface area contributed by atoms with Crippen LogP contribution in [-0.4, -0.2) is 52.0 Å². The molecule has 0 radical (unpaired) electrons. The molecule has 0 unspecified atom stereocenters. The van der Waals surface area contributed by atoms with Gasteiger partial charge in [-0.25, -0.2) is 4.79 Å². The van der Waals surface area contributed by atoms with Crippen LogP contribution in [0.15, 0.2) is 18.3 Å². The van der Waals surface area contributed by atoms with E-state index >= 15 is 0 Å². The van der Waals surface area contributed by atoms with Gasteiger partial charge >= 0.3 is 6.09 Å². The van der Waals surface area contributed by atoms with Crippen molar-refractivity contribution in [3.63, 3.8) is 0 Å². The third-order valence-electron chi connectivity index (χ3n) is 4.94. The topological polar surface area (TPSA) is 65.6 Å². The van der Waals surface area contributed by atoms with Crippen LogP contribution in [0.25, 0.3) is 0 Å². The number of ether oxygens (including phenoxy) is 1. The fourth-order valence-electron chi connectivity index (χ4n) is 3.81. The van der Waals surface area contributed by atoms with Gasteiger partial charge in [-0.3, -0.25) is 4.79 Å². The zero-order valence-electron chi connectivity index (χ0n) is 15.5. The summed E-state index contributed by atoms with van der Waals surface area (Å²) in [6.45, 7) is 7.51. The Morgan fingerprint density at radius 3 is 2.64 bits per heavy atom. The summed E-state index contributed by atoms with van der Waals surface area (Å²) in [6.07, 6.45) is 5.30. The Kier molecular flexibility index (Phi) is 5.06. The van der Waals surface area contributed by atoms with Crippen LogP contribution in [0.4, 0.5) is 4.79 Å². The molecule has 3 heterocycles. The number of hydrogen-bond donors (Lipinski definition) is 1. The molecule has 0 bridgehead atoms. The molecular formula is C19H29N3O3. The van der Waals surface area contributed by atoms with Crippen molar-refractivity contribution in [2.24, 2.45) is 5.92 Å². The van der Waals surface area contributed by atoms with E-state index in [4.69, 9.17) is 4.74 Å². The van der Waals surface area contributed by atoms with Crippen molar-refractivity contribution in [2.45, 2.75) is 58.1 Å². The van der Waals surface area contributed by atoms with Crippen molar-refractivity contribution < 1.29 is 14.3 Å². The predicted molar refractivity (Wildman–Crippen MR) is 95.0 cm³/mol. The van der Waals surface area contributed by atoms with E-state index in [9.17, 15) is 9.59 Å². The Bertz CT molecular complexity index is 606. The summed E-state index contributed by atoms with van der Waals surface area (Å²) < 4.78 is 5.47. The van der Waals surface area contributed by atoms with E-state index in [2.05, 4.69) is 4.98 Å². The number of piperidine rings is 1. The van der Waals surface area contributed by atoms with Gasteiger partial charge in [-0.05, 0) is 58.6 Å². The number of carbonyl (C=O) groups is 2. The van der Waals surface area contributed by atoms with Crippen LogP contribution in [0.1, 0.15) is 58.2 Å². The number of likely N-dealkylation sites (tertiary alicyclic amines) is 2. The average molecular weight is 347 g/mol. The Morgan fingerprint density at radius 1 is 1.20 bits per heavy atom. The molecule has 0 saturated carbocycles. The molecule has 6 heteroatoms. The number of carbonyl (C=O) groups excluding carboxylic acids is 2. The van der Waals surface area contributed by atoms with Crippen LogP contribution in [0.5, 0.6) is 0 Å². The first-order valence-electron chi connectivity index (χ1n) is 9.27. The third kappa shape index (κ3) is 4.17. The molecule has 2 saturated heterocycles. The van der Waals surface area contributed by atoms with E-state index in [-0.39, 0.29) is 24.0 Å². The Morgan fingerprint density at radius 2 is 1.96 bits per heavy atom. The zero-order chi connectivity index (χ0) is 18.0. The Balaban J connectivity index is 1.64. The van der Waals surface area contributed by atoms with E-state index < -0.39 is 5.60 Å². The zero-order valence-corrected chi connectivity index (χ0v) is 15.5. The number of aromatic nitrogens is 1. The number of aromatic amines is 1. The van der Waals surface area contributed by atoms with Gasteiger partial charge in [0.2, 0.25) is 5.91 Å². The molecule has 2 atom stereocenters. The molecule has 25 heavy (non-hydrogen) atoms. The first-order chi connectivity index (χ1) is 11.8. The number of nitrogens with zero attached hydrogens (tertiary/aromatic N) is 2.